The zero-order chi connectivity index (χ0) is 17.8. The topological polar surface area (TPSA) is 73.9 Å². The first-order valence-electron chi connectivity index (χ1n) is 8.24. The summed E-state index contributed by atoms with van der Waals surface area (Å²) in [5, 5.41) is 2.73. The van der Waals surface area contributed by atoms with Crippen LogP contribution >= 0.6 is 0 Å². The number of amides is 1. The van der Waals surface area contributed by atoms with Gasteiger partial charge in [0.1, 0.15) is 0 Å². The van der Waals surface area contributed by atoms with Crippen molar-refractivity contribution < 1.29 is 23.8 Å². The number of benzene rings is 1. The minimum atomic E-state index is -0.413. The first-order chi connectivity index (χ1) is 11.6. The van der Waals surface area contributed by atoms with Crippen molar-refractivity contribution in [3.63, 3.8) is 0 Å². The molecular weight excluding hydrogens is 310 g/mol. The highest BCUT2D eigenvalue weighted by atomic mass is 16.5. The summed E-state index contributed by atoms with van der Waals surface area (Å²) in [6, 6.07) is 5.50. The third-order valence-corrected chi connectivity index (χ3v) is 3.55. The Hall–Kier alpha value is -2.24. The van der Waals surface area contributed by atoms with Crippen LogP contribution in [0.5, 0.6) is 11.5 Å². The summed E-state index contributed by atoms with van der Waals surface area (Å²) < 4.78 is 15.5. The van der Waals surface area contributed by atoms with Crippen LogP contribution in [0.1, 0.15) is 38.2 Å². The molecule has 0 unspecified atom stereocenters. The maximum absolute atomic E-state index is 11.8. The molecule has 134 valence electrons. The normalized spacial score (nSPS) is 10.1. The van der Waals surface area contributed by atoms with Crippen LogP contribution in [0.3, 0.4) is 0 Å². The molecule has 0 fully saturated rings. The third kappa shape index (κ3) is 6.89. The number of esters is 1. The van der Waals surface area contributed by atoms with E-state index in [-0.39, 0.29) is 18.9 Å². The standard InChI is InChI=1S/C18H27NO5/c1-4-5-6-12-19-16(20)13-24-17(21)11-10-14-8-7-9-15(22-2)18(14)23-3/h7-9H,4-6,10-13H2,1-3H3,(H,19,20). The quantitative estimate of drug-likeness (QED) is 0.496. The largest absolute Gasteiger partial charge is 0.493 e. The van der Waals surface area contributed by atoms with Crippen molar-refractivity contribution in [1.29, 1.82) is 0 Å². The lowest BCUT2D eigenvalue weighted by Gasteiger charge is -2.12. The highest BCUT2D eigenvalue weighted by Gasteiger charge is 2.12. The lowest BCUT2D eigenvalue weighted by Crippen LogP contribution is -2.29. The highest BCUT2D eigenvalue weighted by molar-refractivity contribution is 5.80. The van der Waals surface area contributed by atoms with Gasteiger partial charge in [-0.25, -0.2) is 0 Å². The Morgan fingerprint density at radius 3 is 2.58 bits per heavy atom. The fourth-order valence-corrected chi connectivity index (χ4v) is 2.26. The molecule has 6 nitrogen and oxygen atoms in total. The van der Waals surface area contributed by atoms with Gasteiger partial charge in [0.2, 0.25) is 0 Å². The Bertz CT molecular complexity index is 530. The number of nitrogens with one attached hydrogen (secondary N) is 1. The predicted molar refractivity (Wildman–Crippen MR) is 91.4 cm³/mol. The smallest absolute Gasteiger partial charge is 0.306 e. The summed E-state index contributed by atoms with van der Waals surface area (Å²) in [4.78, 5) is 23.3. The zero-order valence-corrected chi connectivity index (χ0v) is 14.7. The van der Waals surface area contributed by atoms with E-state index >= 15 is 0 Å². The molecule has 1 N–H and O–H groups in total. The molecule has 0 aromatic heterocycles. The van der Waals surface area contributed by atoms with Crippen LogP contribution in [0, 0.1) is 0 Å². The molecule has 0 atom stereocenters. The number of rotatable bonds is 11. The van der Waals surface area contributed by atoms with Crippen molar-refractivity contribution >= 4 is 11.9 Å². The van der Waals surface area contributed by atoms with E-state index in [2.05, 4.69) is 12.2 Å². The Labute approximate surface area is 143 Å². The van der Waals surface area contributed by atoms with Crippen molar-refractivity contribution in [1.82, 2.24) is 5.32 Å². The Morgan fingerprint density at radius 2 is 1.92 bits per heavy atom. The second kappa shape index (κ2) is 11.3. The van der Waals surface area contributed by atoms with E-state index < -0.39 is 5.97 Å². The van der Waals surface area contributed by atoms with Crippen LogP contribution in [-0.2, 0) is 20.7 Å². The molecule has 0 aliphatic carbocycles. The lowest BCUT2D eigenvalue weighted by atomic mass is 10.1. The zero-order valence-electron chi connectivity index (χ0n) is 14.7. The van der Waals surface area contributed by atoms with Crippen LogP contribution in [0.2, 0.25) is 0 Å². The molecule has 1 amide bonds. The monoisotopic (exact) mass is 337 g/mol. The van der Waals surface area contributed by atoms with Gasteiger partial charge in [-0.05, 0) is 24.5 Å². The molecule has 6 heteroatoms. The number of carbonyl (C=O) groups excluding carboxylic acids is 2. The van der Waals surface area contributed by atoms with E-state index in [0.717, 1.165) is 24.8 Å². The van der Waals surface area contributed by atoms with Gasteiger partial charge in [0, 0.05) is 13.0 Å². The van der Waals surface area contributed by atoms with Gasteiger partial charge in [0.05, 0.1) is 14.2 Å². The van der Waals surface area contributed by atoms with Gasteiger partial charge in [-0.3, -0.25) is 9.59 Å². The maximum Gasteiger partial charge on any atom is 0.306 e. The number of aryl methyl sites for hydroxylation is 1. The fourth-order valence-electron chi connectivity index (χ4n) is 2.26. The number of methoxy groups -OCH3 is 2. The van der Waals surface area contributed by atoms with E-state index in [4.69, 9.17) is 14.2 Å². The highest BCUT2D eigenvalue weighted by Crippen LogP contribution is 2.31. The van der Waals surface area contributed by atoms with Crippen LogP contribution in [0.4, 0.5) is 0 Å². The molecule has 0 saturated heterocycles. The molecular formula is C18H27NO5. The fraction of sp³-hybridized carbons (Fsp3) is 0.556. The summed E-state index contributed by atoms with van der Waals surface area (Å²) in [6.07, 6.45) is 3.73. The lowest BCUT2D eigenvalue weighted by molar-refractivity contribution is -0.148. The van der Waals surface area contributed by atoms with E-state index in [1.54, 1.807) is 20.3 Å². The molecule has 0 saturated carbocycles. The van der Waals surface area contributed by atoms with E-state index in [1.165, 1.54) is 0 Å². The van der Waals surface area contributed by atoms with E-state index in [0.29, 0.717) is 24.5 Å². The Balaban J connectivity index is 2.35. The average Bonchev–Trinajstić information content (AvgIpc) is 2.61. The van der Waals surface area contributed by atoms with Crippen LogP contribution in [0.15, 0.2) is 18.2 Å². The van der Waals surface area contributed by atoms with E-state index in [1.807, 2.05) is 12.1 Å². The van der Waals surface area contributed by atoms with Gasteiger partial charge >= 0.3 is 5.97 Å². The van der Waals surface area contributed by atoms with Crippen molar-refractivity contribution in [2.24, 2.45) is 0 Å². The van der Waals surface area contributed by atoms with Gasteiger partial charge < -0.3 is 19.5 Å². The van der Waals surface area contributed by atoms with Gasteiger partial charge in [-0.1, -0.05) is 31.9 Å². The third-order valence-electron chi connectivity index (χ3n) is 3.55. The molecule has 24 heavy (non-hydrogen) atoms. The van der Waals surface area contributed by atoms with Crippen molar-refractivity contribution in [3.05, 3.63) is 23.8 Å². The number of para-hydroxylation sites is 1. The summed E-state index contributed by atoms with van der Waals surface area (Å²) >= 11 is 0. The summed E-state index contributed by atoms with van der Waals surface area (Å²) in [6.45, 7) is 2.48. The molecule has 1 rings (SSSR count). The average molecular weight is 337 g/mol. The summed E-state index contributed by atoms with van der Waals surface area (Å²) in [5.41, 5.74) is 0.859. The van der Waals surface area contributed by atoms with Crippen molar-refractivity contribution in [3.8, 4) is 11.5 Å². The summed E-state index contributed by atoms with van der Waals surface area (Å²) in [7, 11) is 3.12. The van der Waals surface area contributed by atoms with Gasteiger partial charge in [0.25, 0.3) is 5.91 Å². The number of ether oxygens (including phenoxy) is 3. The van der Waals surface area contributed by atoms with E-state index in [9.17, 15) is 9.59 Å². The van der Waals surface area contributed by atoms with Crippen LogP contribution in [-0.4, -0.2) is 39.2 Å². The predicted octanol–water partition coefficient (Wildman–Crippen LogP) is 2.49. The minimum absolute atomic E-state index is 0.173. The first-order valence-corrected chi connectivity index (χ1v) is 8.24. The SMILES string of the molecule is CCCCCNC(=O)COC(=O)CCc1cccc(OC)c1OC. The summed E-state index contributed by atoms with van der Waals surface area (Å²) in [5.74, 6) is 0.554. The van der Waals surface area contributed by atoms with Gasteiger partial charge in [0.15, 0.2) is 18.1 Å². The molecule has 0 aliphatic heterocycles. The molecule has 0 radical (unpaired) electrons. The number of hydrogen-bond acceptors (Lipinski definition) is 5. The first kappa shape index (κ1) is 19.8. The van der Waals surface area contributed by atoms with Gasteiger partial charge in [-0.15, -0.1) is 0 Å². The second-order valence-electron chi connectivity index (χ2n) is 5.37. The number of carbonyl (C=O) groups is 2. The van der Waals surface area contributed by atoms with Crippen molar-refractivity contribution in [2.75, 3.05) is 27.4 Å². The number of hydrogen-bond donors (Lipinski definition) is 1. The van der Waals surface area contributed by atoms with Gasteiger partial charge in [-0.2, -0.15) is 0 Å². The Kier molecular flexibility index (Phi) is 9.34. The number of unbranched alkanes of at least 4 members (excludes halogenated alkanes) is 2. The molecule has 0 aliphatic rings. The second-order valence-corrected chi connectivity index (χ2v) is 5.37. The van der Waals surface area contributed by atoms with Crippen LogP contribution in [0.25, 0.3) is 0 Å². The Morgan fingerprint density at radius 1 is 1.12 bits per heavy atom. The van der Waals surface area contributed by atoms with Crippen molar-refractivity contribution in [2.45, 2.75) is 39.0 Å². The maximum atomic E-state index is 11.8. The molecule has 0 bridgehead atoms. The molecule has 1 aromatic carbocycles. The minimum Gasteiger partial charge on any atom is -0.493 e. The molecule has 1 aromatic rings. The van der Waals surface area contributed by atoms with Crippen LogP contribution < -0.4 is 14.8 Å². The molecule has 0 heterocycles. The molecule has 0 spiro atoms.